The Morgan fingerprint density at radius 1 is 0.800 bits per heavy atom. The van der Waals surface area contributed by atoms with E-state index < -0.39 is 12.0 Å². The van der Waals surface area contributed by atoms with Gasteiger partial charge in [0.05, 0.1) is 7.11 Å². The van der Waals surface area contributed by atoms with Crippen LogP contribution in [0.15, 0.2) is 84.9 Å². The lowest BCUT2D eigenvalue weighted by Gasteiger charge is -2.20. The van der Waals surface area contributed by atoms with Crippen LogP contribution in [0.25, 0.3) is 6.08 Å². The molecule has 0 saturated carbocycles. The summed E-state index contributed by atoms with van der Waals surface area (Å²) in [6, 6.07) is 21.3. The summed E-state index contributed by atoms with van der Waals surface area (Å²) >= 11 is 0. The van der Waals surface area contributed by atoms with Crippen LogP contribution >= 0.6 is 0 Å². The largest absolute Gasteiger partial charge is 0.508 e. The zero-order valence-electron chi connectivity index (χ0n) is 24.6. The van der Waals surface area contributed by atoms with Gasteiger partial charge in [0.1, 0.15) is 23.5 Å². The molecule has 0 spiro atoms. The van der Waals surface area contributed by atoms with E-state index in [9.17, 15) is 30.0 Å². The topological polar surface area (TPSA) is 158 Å². The van der Waals surface area contributed by atoms with Crippen LogP contribution in [-0.4, -0.2) is 52.4 Å². The maximum absolute atomic E-state index is 13.7. The Morgan fingerprint density at radius 2 is 1.42 bits per heavy atom. The first kappa shape index (κ1) is 30.8. The number of hydrogen-bond donors (Lipinski definition) is 6. The molecule has 0 bridgehead atoms. The van der Waals surface area contributed by atoms with Crippen LogP contribution in [0, 0.1) is 0 Å². The number of hydrogen-bond acceptors (Lipinski definition) is 8. The molecule has 45 heavy (non-hydrogen) atoms. The van der Waals surface area contributed by atoms with E-state index in [1.54, 1.807) is 72.8 Å². The van der Waals surface area contributed by atoms with Gasteiger partial charge in [-0.15, -0.1) is 0 Å². The highest BCUT2D eigenvalue weighted by atomic mass is 16.5. The summed E-state index contributed by atoms with van der Waals surface area (Å²) in [6.07, 6.45) is 3.32. The van der Waals surface area contributed by atoms with Crippen LogP contribution in [0.4, 0.5) is 0 Å². The predicted octanol–water partition coefficient (Wildman–Crippen LogP) is 4.47. The van der Waals surface area contributed by atoms with E-state index in [4.69, 9.17) is 9.47 Å². The first-order valence-corrected chi connectivity index (χ1v) is 14.4. The lowest BCUT2D eigenvalue weighted by Crippen LogP contribution is -2.33. The third-order valence-electron chi connectivity index (χ3n) is 7.54. The molecule has 1 aliphatic heterocycles. The van der Waals surface area contributed by atoms with Crippen LogP contribution < -0.4 is 20.1 Å². The summed E-state index contributed by atoms with van der Waals surface area (Å²) in [5.74, 6) is -1.02. The van der Waals surface area contributed by atoms with Gasteiger partial charge in [-0.05, 0) is 89.7 Å². The molecular formula is C35H34N2O8. The third-order valence-corrected chi connectivity index (χ3v) is 7.54. The lowest BCUT2D eigenvalue weighted by molar-refractivity contribution is -0.124. The van der Waals surface area contributed by atoms with Gasteiger partial charge in [0.2, 0.25) is 11.8 Å². The second-order valence-electron chi connectivity index (χ2n) is 10.7. The molecule has 2 atom stereocenters. The molecule has 0 fully saturated rings. The molecule has 4 aromatic carbocycles. The summed E-state index contributed by atoms with van der Waals surface area (Å²) in [6.45, 7) is 0.729. The van der Waals surface area contributed by atoms with Crippen molar-refractivity contribution in [1.82, 2.24) is 10.6 Å². The minimum Gasteiger partial charge on any atom is -0.508 e. The lowest BCUT2D eigenvalue weighted by atomic mass is 9.89. The van der Waals surface area contributed by atoms with E-state index in [-0.39, 0.29) is 34.8 Å². The van der Waals surface area contributed by atoms with Crippen molar-refractivity contribution in [1.29, 1.82) is 0 Å². The maximum atomic E-state index is 13.7. The summed E-state index contributed by atoms with van der Waals surface area (Å²) < 4.78 is 11.9. The Labute approximate surface area is 260 Å². The Kier molecular flexibility index (Phi) is 9.43. The minimum atomic E-state index is -0.842. The summed E-state index contributed by atoms with van der Waals surface area (Å²) in [4.78, 5) is 26.3. The molecule has 1 aliphatic rings. The molecule has 5 rings (SSSR count). The molecule has 4 aromatic rings. The molecule has 0 radical (unpaired) electrons. The van der Waals surface area contributed by atoms with Gasteiger partial charge in [0.15, 0.2) is 23.0 Å². The predicted molar refractivity (Wildman–Crippen MR) is 168 cm³/mol. The Morgan fingerprint density at radius 3 is 2.02 bits per heavy atom. The highest BCUT2D eigenvalue weighted by molar-refractivity contribution is 5.92. The van der Waals surface area contributed by atoms with Crippen LogP contribution in [0.2, 0.25) is 0 Å². The molecule has 1 heterocycles. The van der Waals surface area contributed by atoms with Crippen molar-refractivity contribution in [3.63, 3.8) is 0 Å². The van der Waals surface area contributed by atoms with E-state index in [1.165, 1.54) is 25.3 Å². The van der Waals surface area contributed by atoms with Gasteiger partial charge >= 0.3 is 0 Å². The molecule has 0 aliphatic carbocycles. The molecule has 6 N–H and O–H groups in total. The highest BCUT2D eigenvalue weighted by Gasteiger charge is 2.42. The Balaban J connectivity index is 1.35. The Hall–Kier alpha value is -5.64. The quantitative estimate of drug-likeness (QED) is 0.107. The number of carbonyl (C=O) groups excluding carboxylic acids is 2. The third kappa shape index (κ3) is 7.48. The van der Waals surface area contributed by atoms with Gasteiger partial charge < -0.3 is 40.5 Å². The number of benzene rings is 4. The average molecular weight is 611 g/mol. The zero-order chi connectivity index (χ0) is 31.9. The SMILES string of the molecule is COc1cc(/C=C/C(=O)NCCc2ccc(O)cc2)cc2c1O[C@@H](c1ccc(O)c(O)c1)[C@H]2C(=O)NCCc1ccc(O)cc1. The van der Waals surface area contributed by atoms with Gasteiger partial charge in [-0.3, -0.25) is 9.59 Å². The second kappa shape index (κ2) is 13.8. The zero-order valence-corrected chi connectivity index (χ0v) is 24.6. The molecular weight excluding hydrogens is 576 g/mol. The first-order chi connectivity index (χ1) is 21.7. The van der Waals surface area contributed by atoms with E-state index in [0.29, 0.717) is 54.1 Å². The second-order valence-corrected chi connectivity index (χ2v) is 10.7. The van der Waals surface area contributed by atoms with Crippen molar-refractivity contribution in [3.05, 3.63) is 113 Å². The number of carbonyl (C=O) groups is 2. The maximum Gasteiger partial charge on any atom is 0.244 e. The number of phenols is 4. The first-order valence-electron chi connectivity index (χ1n) is 14.4. The number of ether oxygens (including phenoxy) is 2. The fraction of sp³-hybridized carbons (Fsp3) is 0.200. The number of methoxy groups -OCH3 is 1. The molecule has 10 nitrogen and oxygen atoms in total. The van der Waals surface area contributed by atoms with E-state index in [0.717, 1.165) is 11.1 Å². The van der Waals surface area contributed by atoms with Gasteiger partial charge in [0.25, 0.3) is 0 Å². The fourth-order valence-electron chi connectivity index (χ4n) is 5.19. The molecule has 2 amide bonds. The van der Waals surface area contributed by atoms with Gasteiger partial charge in [-0.2, -0.15) is 0 Å². The number of rotatable bonds is 11. The van der Waals surface area contributed by atoms with Crippen molar-refractivity contribution in [2.24, 2.45) is 0 Å². The molecule has 0 saturated heterocycles. The van der Waals surface area contributed by atoms with Gasteiger partial charge in [-0.25, -0.2) is 0 Å². The monoisotopic (exact) mass is 610 g/mol. The van der Waals surface area contributed by atoms with Crippen LogP contribution in [0.3, 0.4) is 0 Å². The van der Waals surface area contributed by atoms with Gasteiger partial charge in [0, 0.05) is 24.7 Å². The summed E-state index contributed by atoms with van der Waals surface area (Å²) in [5.41, 5.74) is 3.55. The molecule has 0 unspecified atom stereocenters. The smallest absolute Gasteiger partial charge is 0.244 e. The molecule has 232 valence electrons. The van der Waals surface area contributed by atoms with E-state index in [2.05, 4.69) is 10.6 Å². The van der Waals surface area contributed by atoms with Crippen molar-refractivity contribution >= 4 is 17.9 Å². The van der Waals surface area contributed by atoms with Crippen molar-refractivity contribution in [3.8, 4) is 34.5 Å². The van der Waals surface area contributed by atoms with E-state index >= 15 is 0 Å². The summed E-state index contributed by atoms with van der Waals surface area (Å²) in [5, 5.41) is 44.8. The number of amides is 2. The van der Waals surface area contributed by atoms with Gasteiger partial charge in [-0.1, -0.05) is 30.3 Å². The molecule has 10 heteroatoms. The van der Waals surface area contributed by atoms with Crippen LogP contribution in [0.1, 0.15) is 39.8 Å². The van der Waals surface area contributed by atoms with Crippen LogP contribution in [-0.2, 0) is 22.4 Å². The highest BCUT2D eigenvalue weighted by Crippen LogP contribution is 2.51. The number of aromatic hydroxyl groups is 4. The number of phenolic OH excluding ortho intramolecular Hbond substituents is 4. The van der Waals surface area contributed by atoms with Crippen molar-refractivity contribution in [2.45, 2.75) is 24.9 Å². The summed E-state index contributed by atoms with van der Waals surface area (Å²) in [7, 11) is 1.48. The van der Waals surface area contributed by atoms with Crippen LogP contribution in [0.5, 0.6) is 34.5 Å². The van der Waals surface area contributed by atoms with Crippen molar-refractivity contribution < 1.29 is 39.5 Å². The van der Waals surface area contributed by atoms with E-state index in [1.807, 2.05) is 0 Å². The minimum absolute atomic E-state index is 0.160. The Bertz CT molecular complexity index is 1700. The molecule has 0 aromatic heterocycles. The normalized spacial score (nSPS) is 15.3. The number of fused-ring (bicyclic) bond motifs is 1. The standard InChI is InChI=1S/C35H34N2O8/c1-44-30-19-23(6-13-31(42)36-16-14-21-2-8-25(38)9-3-21)18-27-32(35(43)37-17-15-22-4-10-26(39)11-5-22)33(45-34(27)30)24-7-12-28(40)29(41)20-24/h2-13,18-20,32-33,38-41H,14-17H2,1H3,(H,36,42)(H,37,43)/b13-6+/t32-,33-/m0/s1. The fourth-order valence-corrected chi connectivity index (χ4v) is 5.19. The van der Waals surface area contributed by atoms with Crippen molar-refractivity contribution in [2.75, 3.05) is 20.2 Å². The average Bonchev–Trinajstić information content (AvgIpc) is 3.42. The number of nitrogens with one attached hydrogen (secondary N) is 2.